The first-order valence-electron chi connectivity index (χ1n) is 8.86. The van der Waals surface area contributed by atoms with Crippen LogP contribution in [0.25, 0.3) is 0 Å². The highest BCUT2D eigenvalue weighted by molar-refractivity contribution is 7.90. The van der Waals surface area contributed by atoms with Crippen LogP contribution in [0.4, 0.5) is 0 Å². The molecule has 0 saturated carbocycles. The van der Waals surface area contributed by atoms with Gasteiger partial charge in [0.15, 0.2) is 9.84 Å². The van der Waals surface area contributed by atoms with Crippen LogP contribution >= 0.6 is 0 Å². The summed E-state index contributed by atoms with van der Waals surface area (Å²) in [5, 5.41) is 0. The van der Waals surface area contributed by atoms with Gasteiger partial charge in [-0.3, -0.25) is 4.79 Å². The Balaban J connectivity index is 1.71. The predicted octanol–water partition coefficient (Wildman–Crippen LogP) is 2.40. The van der Waals surface area contributed by atoms with Crippen LogP contribution in [0.2, 0.25) is 5.82 Å². The standard InChI is InChI=1S/C18H26BNO5S/c1-17(2)18(3,4)25-19(24-17)14-9-10-20(12-14)16(21)13-7-6-8-15(11-13)26(5,22)23/h6-8,11,14H,9-10,12H2,1-5H3. The van der Waals surface area contributed by atoms with E-state index in [1.165, 1.54) is 12.1 Å². The number of hydrogen-bond donors (Lipinski definition) is 0. The molecule has 8 heteroatoms. The first kappa shape index (κ1) is 19.4. The summed E-state index contributed by atoms with van der Waals surface area (Å²) in [7, 11) is -3.68. The predicted molar refractivity (Wildman–Crippen MR) is 99.9 cm³/mol. The molecule has 1 atom stereocenters. The maximum atomic E-state index is 12.8. The highest BCUT2D eigenvalue weighted by atomic mass is 32.2. The van der Waals surface area contributed by atoms with E-state index in [2.05, 4.69) is 0 Å². The molecule has 1 aromatic rings. The lowest BCUT2D eigenvalue weighted by Crippen LogP contribution is -2.41. The Morgan fingerprint density at radius 1 is 1.19 bits per heavy atom. The molecular formula is C18H26BNO5S. The fourth-order valence-electron chi connectivity index (χ4n) is 3.32. The van der Waals surface area contributed by atoms with E-state index in [4.69, 9.17) is 9.31 Å². The summed E-state index contributed by atoms with van der Waals surface area (Å²) in [6.45, 7) is 9.21. The molecule has 0 bridgehead atoms. The Hall–Kier alpha value is -1.38. The third kappa shape index (κ3) is 3.55. The molecule has 142 valence electrons. The number of hydrogen-bond acceptors (Lipinski definition) is 5. The third-order valence-corrected chi connectivity index (χ3v) is 6.79. The Labute approximate surface area is 155 Å². The van der Waals surface area contributed by atoms with Crippen LogP contribution in [0, 0.1) is 0 Å². The first-order chi connectivity index (χ1) is 11.9. The van der Waals surface area contributed by atoms with Crippen LogP contribution in [0.15, 0.2) is 29.2 Å². The minimum Gasteiger partial charge on any atom is -0.403 e. The lowest BCUT2D eigenvalue weighted by Gasteiger charge is -2.32. The summed E-state index contributed by atoms with van der Waals surface area (Å²) in [5.74, 6) is -0.0485. The van der Waals surface area contributed by atoms with Gasteiger partial charge < -0.3 is 14.2 Å². The van der Waals surface area contributed by atoms with E-state index in [0.717, 1.165) is 12.7 Å². The molecule has 6 nitrogen and oxygen atoms in total. The van der Waals surface area contributed by atoms with E-state index >= 15 is 0 Å². The van der Waals surface area contributed by atoms with Crippen LogP contribution in [0.1, 0.15) is 44.5 Å². The third-order valence-electron chi connectivity index (χ3n) is 5.68. The van der Waals surface area contributed by atoms with Crippen LogP contribution in [0.5, 0.6) is 0 Å². The Morgan fingerprint density at radius 2 is 1.81 bits per heavy atom. The number of rotatable bonds is 3. The summed E-state index contributed by atoms with van der Waals surface area (Å²) in [5.41, 5.74) is -0.389. The van der Waals surface area contributed by atoms with Gasteiger partial charge in [0.1, 0.15) is 0 Å². The normalized spacial score (nSPS) is 24.9. The molecule has 2 fully saturated rings. The molecule has 1 aromatic carbocycles. The van der Waals surface area contributed by atoms with Gasteiger partial charge in [-0.2, -0.15) is 0 Å². The maximum Gasteiger partial charge on any atom is 0.463 e. The monoisotopic (exact) mass is 379 g/mol. The van der Waals surface area contributed by atoms with Gasteiger partial charge >= 0.3 is 7.12 Å². The van der Waals surface area contributed by atoms with E-state index in [1.54, 1.807) is 17.0 Å². The summed E-state index contributed by atoms with van der Waals surface area (Å²) in [4.78, 5) is 14.7. The molecule has 2 heterocycles. The van der Waals surface area contributed by atoms with Gasteiger partial charge in [-0.25, -0.2) is 8.42 Å². The van der Waals surface area contributed by atoms with Crippen molar-refractivity contribution in [3.05, 3.63) is 29.8 Å². The number of likely N-dealkylation sites (tertiary alicyclic amines) is 1. The van der Waals surface area contributed by atoms with Crippen molar-refractivity contribution < 1.29 is 22.5 Å². The molecule has 2 saturated heterocycles. The minimum absolute atomic E-state index is 0.109. The lowest BCUT2D eigenvalue weighted by molar-refractivity contribution is 0.00578. The quantitative estimate of drug-likeness (QED) is 0.754. The molecule has 26 heavy (non-hydrogen) atoms. The SMILES string of the molecule is CC1(C)OB(C2CCN(C(=O)c3cccc(S(C)(=O)=O)c3)C2)OC1(C)C. The van der Waals surface area contributed by atoms with Gasteiger partial charge in [-0.05, 0) is 52.3 Å². The van der Waals surface area contributed by atoms with Crippen LogP contribution in [0.3, 0.4) is 0 Å². The smallest absolute Gasteiger partial charge is 0.403 e. The topological polar surface area (TPSA) is 72.9 Å². The van der Waals surface area contributed by atoms with Crippen molar-refractivity contribution in [1.82, 2.24) is 4.90 Å². The second-order valence-electron chi connectivity index (χ2n) is 8.22. The number of benzene rings is 1. The van der Waals surface area contributed by atoms with Crippen molar-refractivity contribution >= 4 is 22.9 Å². The number of nitrogens with zero attached hydrogens (tertiary/aromatic N) is 1. The van der Waals surface area contributed by atoms with Crippen molar-refractivity contribution in [3.8, 4) is 0 Å². The maximum absolute atomic E-state index is 12.8. The summed E-state index contributed by atoms with van der Waals surface area (Å²) >= 11 is 0. The number of carbonyl (C=O) groups is 1. The second-order valence-corrected chi connectivity index (χ2v) is 10.2. The van der Waals surface area contributed by atoms with E-state index < -0.39 is 9.84 Å². The number of sulfone groups is 1. The zero-order valence-electron chi connectivity index (χ0n) is 16.0. The van der Waals surface area contributed by atoms with E-state index in [1.807, 2.05) is 27.7 Å². The molecule has 1 unspecified atom stereocenters. The Morgan fingerprint density at radius 3 is 2.38 bits per heavy atom. The zero-order valence-corrected chi connectivity index (χ0v) is 16.8. The Bertz CT molecular complexity index is 805. The highest BCUT2D eigenvalue weighted by Gasteiger charge is 2.54. The molecule has 2 aliphatic rings. The minimum atomic E-state index is -3.34. The first-order valence-corrected chi connectivity index (χ1v) is 10.7. The molecule has 0 N–H and O–H groups in total. The largest absolute Gasteiger partial charge is 0.463 e. The van der Waals surface area contributed by atoms with Crippen LogP contribution < -0.4 is 0 Å². The molecule has 3 rings (SSSR count). The summed E-state index contributed by atoms with van der Waals surface area (Å²) in [6.07, 6.45) is 1.94. The zero-order chi connectivity index (χ0) is 19.3. The van der Waals surface area contributed by atoms with Crippen molar-refractivity contribution in [2.24, 2.45) is 0 Å². The van der Waals surface area contributed by atoms with E-state index in [0.29, 0.717) is 18.7 Å². The average Bonchev–Trinajstić information content (AvgIpc) is 3.09. The fraction of sp³-hybridized carbons (Fsp3) is 0.611. The highest BCUT2D eigenvalue weighted by Crippen LogP contribution is 2.42. The molecule has 0 aromatic heterocycles. The van der Waals surface area contributed by atoms with Crippen LogP contribution in [-0.2, 0) is 19.1 Å². The Kier molecular flexibility index (Phi) is 4.74. The summed E-state index contributed by atoms with van der Waals surface area (Å²) < 4.78 is 35.6. The van der Waals surface area contributed by atoms with Crippen LogP contribution in [-0.4, -0.2) is 56.9 Å². The van der Waals surface area contributed by atoms with E-state index in [9.17, 15) is 13.2 Å². The number of amides is 1. The molecular weight excluding hydrogens is 353 g/mol. The average molecular weight is 379 g/mol. The van der Waals surface area contributed by atoms with Gasteiger partial charge in [0.25, 0.3) is 5.91 Å². The fourth-order valence-corrected chi connectivity index (χ4v) is 3.98. The van der Waals surface area contributed by atoms with E-state index in [-0.39, 0.29) is 34.9 Å². The van der Waals surface area contributed by atoms with Crippen molar-refractivity contribution in [3.63, 3.8) is 0 Å². The van der Waals surface area contributed by atoms with Crippen molar-refractivity contribution in [2.45, 2.75) is 56.0 Å². The van der Waals surface area contributed by atoms with Gasteiger partial charge in [0, 0.05) is 30.7 Å². The molecule has 1 amide bonds. The van der Waals surface area contributed by atoms with Gasteiger partial charge in [-0.1, -0.05) is 6.07 Å². The lowest BCUT2D eigenvalue weighted by atomic mass is 9.71. The molecule has 2 aliphatic heterocycles. The number of carbonyl (C=O) groups excluding carboxylic acids is 1. The molecule has 0 spiro atoms. The molecule has 0 radical (unpaired) electrons. The second kappa shape index (κ2) is 6.35. The summed E-state index contributed by atoms with van der Waals surface area (Å²) in [6, 6.07) is 6.20. The van der Waals surface area contributed by atoms with Crippen molar-refractivity contribution in [2.75, 3.05) is 19.3 Å². The van der Waals surface area contributed by atoms with Gasteiger partial charge in [0.05, 0.1) is 16.1 Å². The van der Waals surface area contributed by atoms with Gasteiger partial charge in [-0.15, -0.1) is 0 Å². The van der Waals surface area contributed by atoms with Gasteiger partial charge in [0.2, 0.25) is 0 Å². The van der Waals surface area contributed by atoms with Crippen molar-refractivity contribution in [1.29, 1.82) is 0 Å². The molecule has 0 aliphatic carbocycles.